The van der Waals surface area contributed by atoms with Crippen LogP contribution < -0.4 is 0 Å². The first-order valence-electron chi connectivity index (χ1n) is 12.7. The number of carboxylic acid groups (broad SMARTS) is 2. The second-order valence-electron chi connectivity index (χ2n) is 9.36. The summed E-state index contributed by atoms with van der Waals surface area (Å²) in [6.45, 7) is 9.78. The van der Waals surface area contributed by atoms with Crippen molar-refractivity contribution < 1.29 is 34.8 Å². The van der Waals surface area contributed by atoms with E-state index in [4.69, 9.17) is 20.4 Å². The number of carboxylic acids is 2. The average molecular weight is 515 g/mol. The van der Waals surface area contributed by atoms with Gasteiger partial charge < -0.3 is 25.3 Å². The van der Waals surface area contributed by atoms with Gasteiger partial charge in [-0.2, -0.15) is 0 Å². The highest BCUT2D eigenvalue weighted by Crippen LogP contribution is 2.30. The Morgan fingerprint density at radius 1 is 1.11 bits per heavy atom. The van der Waals surface area contributed by atoms with E-state index in [1.165, 1.54) is 32.2 Å². The van der Waals surface area contributed by atoms with Gasteiger partial charge in [-0.05, 0) is 56.3 Å². The molecule has 0 bridgehead atoms. The number of aliphatic hydroxyl groups excluding tert-OH is 2. The lowest BCUT2D eigenvalue weighted by Gasteiger charge is -2.37. The van der Waals surface area contributed by atoms with Gasteiger partial charge in [-0.15, -0.1) is 6.58 Å². The lowest BCUT2D eigenvalue weighted by molar-refractivity contribution is -0.165. The third-order valence-electron chi connectivity index (χ3n) is 6.77. The fourth-order valence-corrected chi connectivity index (χ4v) is 4.58. The molecule has 1 saturated heterocycles. The van der Waals surface area contributed by atoms with Crippen LogP contribution in [0.2, 0.25) is 0 Å². The first kappa shape index (κ1) is 30.1. The SMILES string of the molecule is C=CC1CN(CCCCC)CCC1CCC(=O)c1ccnc2ccccc12.O=C(O)C(O)C(O)C(=O)O. The molecule has 0 amide bonds. The minimum atomic E-state index is -2.27. The van der Waals surface area contributed by atoms with Gasteiger partial charge in [0.1, 0.15) is 0 Å². The number of aromatic nitrogens is 1. The zero-order valence-corrected chi connectivity index (χ0v) is 21.3. The largest absolute Gasteiger partial charge is 0.479 e. The van der Waals surface area contributed by atoms with Gasteiger partial charge >= 0.3 is 11.9 Å². The summed E-state index contributed by atoms with van der Waals surface area (Å²) in [6.07, 6.45) is 5.94. The van der Waals surface area contributed by atoms with Crippen LogP contribution in [0.15, 0.2) is 49.2 Å². The molecular formula is C28H38N2O7. The topological polar surface area (TPSA) is 148 Å². The molecular weight excluding hydrogens is 476 g/mol. The van der Waals surface area contributed by atoms with Crippen LogP contribution in [0.25, 0.3) is 10.9 Å². The number of para-hydroxylation sites is 1. The summed E-state index contributed by atoms with van der Waals surface area (Å²) in [5, 5.41) is 33.5. The Kier molecular flexibility index (Phi) is 12.4. The zero-order valence-electron chi connectivity index (χ0n) is 21.3. The number of ketones is 1. The maximum atomic E-state index is 12.9. The van der Waals surface area contributed by atoms with Crippen LogP contribution in [0.4, 0.5) is 0 Å². The number of Topliss-reactive ketones (excluding diaryl/α,β-unsaturated/α-hetero) is 1. The standard InChI is InChI=1S/C24H32N2O.C4H6O6/c1-3-5-8-16-26-17-14-20(19(4-2)18-26)11-12-24(27)22-13-15-25-23-10-7-6-9-21(22)23;5-1(3(7)8)2(6)4(9)10/h4,6-7,9-10,13,15,19-20H,2-3,5,8,11-12,14,16-18H2,1H3;1-2,5-6H,(H,7,8)(H,9,10). The number of carbonyl (C=O) groups is 3. The lowest BCUT2D eigenvalue weighted by Crippen LogP contribution is -2.40. The van der Waals surface area contributed by atoms with E-state index in [0.29, 0.717) is 18.3 Å². The summed E-state index contributed by atoms with van der Waals surface area (Å²) in [5.41, 5.74) is 1.71. The summed E-state index contributed by atoms with van der Waals surface area (Å²) in [4.78, 5) is 39.4. The first-order chi connectivity index (χ1) is 17.7. The molecule has 0 spiro atoms. The number of rotatable bonds is 12. The molecule has 3 rings (SSSR count). The number of benzene rings is 1. The van der Waals surface area contributed by atoms with Crippen LogP contribution in [-0.4, -0.2) is 79.9 Å². The number of carbonyl (C=O) groups excluding carboxylic acids is 1. The van der Waals surface area contributed by atoms with E-state index in [0.717, 1.165) is 36.0 Å². The summed E-state index contributed by atoms with van der Waals surface area (Å²) in [5.74, 6) is -2.23. The van der Waals surface area contributed by atoms with E-state index in [2.05, 4.69) is 29.5 Å². The Morgan fingerprint density at radius 3 is 2.41 bits per heavy atom. The monoisotopic (exact) mass is 514 g/mol. The number of aliphatic carboxylic acids is 2. The van der Waals surface area contributed by atoms with E-state index >= 15 is 0 Å². The van der Waals surface area contributed by atoms with Crippen molar-refractivity contribution in [2.45, 2.75) is 57.7 Å². The van der Waals surface area contributed by atoms with Crippen LogP contribution in [0.5, 0.6) is 0 Å². The second-order valence-corrected chi connectivity index (χ2v) is 9.36. The van der Waals surface area contributed by atoms with Crippen molar-refractivity contribution in [3.05, 3.63) is 54.7 Å². The summed E-state index contributed by atoms with van der Waals surface area (Å²) in [7, 11) is 0. The second kappa shape index (κ2) is 15.2. The third-order valence-corrected chi connectivity index (χ3v) is 6.77. The zero-order chi connectivity index (χ0) is 27.4. The minimum Gasteiger partial charge on any atom is -0.479 e. The molecule has 1 fully saturated rings. The predicted molar refractivity (Wildman–Crippen MR) is 140 cm³/mol. The average Bonchev–Trinajstić information content (AvgIpc) is 2.91. The molecule has 202 valence electrons. The van der Waals surface area contributed by atoms with Crippen molar-refractivity contribution in [1.82, 2.24) is 9.88 Å². The molecule has 4 unspecified atom stereocenters. The van der Waals surface area contributed by atoms with Crippen LogP contribution in [0, 0.1) is 11.8 Å². The highest BCUT2D eigenvalue weighted by atomic mass is 16.4. The normalized spacial score (nSPS) is 19.3. The number of nitrogens with zero attached hydrogens (tertiary/aromatic N) is 2. The number of hydrogen-bond donors (Lipinski definition) is 4. The van der Waals surface area contributed by atoms with Crippen molar-refractivity contribution in [2.75, 3.05) is 19.6 Å². The van der Waals surface area contributed by atoms with Crippen LogP contribution in [0.3, 0.4) is 0 Å². The van der Waals surface area contributed by atoms with Gasteiger partial charge in [-0.1, -0.05) is 44.0 Å². The molecule has 0 radical (unpaired) electrons. The molecule has 4 atom stereocenters. The number of aliphatic hydroxyl groups is 2. The van der Waals surface area contributed by atoms with E-state index in [9.17, 15) is 14.4 Å². The van der Waals surface area contributed by atoms with Gasteiger partial charge in [0, 0.05) is 30.1 Å². The van der Waals surface area contributed by atoms with Crippen molar-refractivity contribution in [2.24, 2.45) is 11.8 Å². The van der Waals surface area contributed by atoms with Crippen LogP contribution >= 0.6 is 0 Å². The van der Waals surface area contributed by atoms with Crippen LogP contribution in [0.1, 0.15) is 55.8 Å². The highest BCUT2D eigenvalue weighted by molar-refractivity contribution is 6.07. The maximum Gasteiger partial charge on any atom is 0.335 e. The van der Waals surface area contributed by atoms with Crippen molar-refractivity contribution in [1.29, 1.82) is 0 Å². The Morgan fingerprint density at radius 2 is 1.78 bits per heavy atom. The number of fused-ring (bicyclic) bond motifs is 1. The highest BCUT2D eigenvalue weighted by Gasteiger charge is 2.29. The van der Waals surface area contributed by atoms with Crippen molar-refractivity contribution in [3.8, 4) is 0 Å². The Labute approximate surface area is 217 Å². The van der Waals surface area contributed by atoms with Crippen molar-refractivity contribution >= 4 is 28.6 Å². The van der Waals surface area contributed by atoms with Gasteiger partial charge in [0.15, 0.2) is 18.0 Å². The molecule has 1 aromatic carbocycles. The smallest absolute Gasteiger partial charge is 0.335 e. The molecule has 2 heterocycles. The quantitative estimate of drug-likeness (QED) is 0.190. The number of unbranched alkanes of at least 4 members (excludes halogenated alkanes) is 2. The molecule has 37 heavy (non-hydrogen) atoms. The molecule has 2 aromatic rings. The first-order valence-corrected chi connectivity index (χ1v) is 12.7. The van der Waals surface area contributed by atoms with E-state index in [-0.39, 0.29) is 5.78 Å². The molecule has 0 saturated carbocycles. The Bertz CT molecular complexity index is 1030. The minimum absolute atomic E-state index is 0.238. The predicted octanol–water partition coefficient (Wildman–Crippen LogP) is 3.39. The Balaban J connectivity index is 0.000000410. The van der Waals surface area contributed by atoms with Gasteiger partial charge in [0.05, 0.1) is 5.52 Å². The van der Waals surface area contributed by atoms with E-state index in [1.54, 1.807) is 6.20 Å². The fourth-order valence-electron chi connectivity index (χ4n) is 4.58. The number of piperidine rings is 1. The number of hydrogen-bond acceptors (Lipinski definition) is 7. The number of likely N-dealkylation sites (tertiary alicyclic amines) is 1. The Hall–Kier alpha value is -3.14. The van der Waals surface area contributed by atoms with Gasteiger partial charge in [0.2, 0.25) is 0 Å². The molecule has 9 heteroatoms. The molecule has 1 aromatic heterocycles. The summed E-state index contributed by atoms with van der Waals surface area (Å²) >= 11 is 0. The van der Waals surface area contributed by atoms with Gasteiger partial charge in [-0.3, -0.25) is 9.78 Å². The molecule has 1 aliphatic rings. The lowest BCUT2D eigenvalue weighted by atomic mass is 9.81. The summed E-state index contributed by atoms with van der Waals surface area (Å²) < 4.78 is 0. The van der Waals surface area contributed by atoms with Gasteiger partial charge in [0.25, 0.3) is 0 Å². The number of pyridine rings is 1. The van der Waals surface area contributed by atoms with Crippen LogP contribution in [-0.2, 0) is 9.59 Å². The maximum absolute atomic E-state index is 12.9. The molecule has 4 N–H and O–H groups in total. The summed E-state index contributed by atoms with van der Waals surface area (Å²) in [6, 6.07) is 9.77. The fraction of sp³-hybridized carbons (Fsp3) is 0.500. The molecule has 1 aliphatic heterocycles. The third kappa shape index (κ3) is 9.03. The van der Waals surface area contributed by atoms with E-state index < -0.39 is 24.1 Å². The van der Waals surface area contributed by atoms with Gasteiger partial charge in [-0.25, -0.2) is 9.59 Å². The molecule has 9 nitrogen and oxygen atoms in total. The molecule has 0 aliphatic carbocycles. The van der Waals surface area contributed by atoms with E-state index in [1.807, 2.05) is 30.3 Å². The van der Waals surface area contributed by atoms with Crippen molar-refractivity contribution in [3.63, 3.8) is 0 Å².